The predicted molar refractivity (Wildman–Crippen MR) is 200 cm³/mol. The number of benzene rings is 2. The van der Waals surface area contributed by atoms with Crippen LogP contribution >= 0.6 is 23.1 Å². The zero-order valence-electron chi connectivity index (χ0n) is 29.2. The Morgan fingerprint density at radius 2 is 1.76 bits per heavy atom. The molecular formula is C35H41BrN9O4P. The molecule has 1 amide bonds. The molecule has 6 rings (SSSR count). The van der Waals surface area contributed by atoms with Gasteiger partial charge in [-0.25, -0.2) is 9.78 Å². The highest BCUT2D eigenvalue weighted by molar-refractivity contribution is 9.10. The second kappa shape index (κ2) is 14.0. The smallest absolute Gasteiger partial charge is 0.410 e. The second-order valence-electron chi connectivity index (χ2n) is 13.7. The summed E-state index contributed by atoms with van der Waals surface area (Å²) < 4.78 is 27.4. The van der Waals surface area contributed by atoms with Crippen LogP contribution in [-0.4, -0.2) is 79.8 Å². The monoisotopic (exact) mass is 761 g/mol. The molecule has 15 heteroatoms. The molecule has 50 heavy (non-hydrogen) atoms. The van der Waals surface area contributed by atoms with Gasteiger partial charge in [-0.15, -0.1) is 0 Å². The van der Waals surface area contributed by atoms with Gasteiger partial charge in [-0.3, -0.25) is 14.6 Å². The summed E-state index contributed by atoms with van der Waals surface area (Å²) in [4.78, 5) is 32.7. The third kappa shape index (κ3) is 7.76. The fraction of sp³-hybridized carbons (Fsp3) is 0.371. The first-order chi connectivity index (χ1) is 23.7. The van der Waals surface area contributed by atoms with E-state index < -0.39 is 12.7 Å². The number of amides is 1. The maximum atomic E-state index is 13.5. The van der Waals surface area contributed by atoms with Crippen LogP contribution in [0.15, 0.2) is 59.7 Å². The van der Waals surface area contributed by atoms with Gasteiger partial charge < -0.3 is 29.6 Å². The van der Waals surface area contributed by atoms with Crippen molar-refractivity contribution in [1.82, 2.24) is 34.6 Å². The van der Waals surface area contributed by atoms with Crippen LogP contribution < -0.4 is 20.7 Å². The number of aromatic nitrogens is 6. The highest BCUT2D eigenvalue weighted by Gasteiger charge is 2.30. The van der Waals surface area contributed by atoms with Crippen molar-refractivity contribution >= 4 is 68.6 Å². The summed E-state index contributed by atoms with van der Waals surface area (Å²) in [6.45, 7) is 10.2. The van der Waals surface area contributed by atoms with Gasteiger partial charge in [-0.1, -0.05) is 0 Å². The zero-order chi connectivity index (χ0) is 35.8. The summed E-state index contributed by atoms with van der Waals surface area (Å²) in [7, 11) is 0.733. The fourth-order valence-electron chi connectivity index (χ4n) is 6.14. The standard InChI is InChI=1S/C35H41BrN9O4P/c1-35(2,3)49-34(46)45-14-10-21(11-15-45)24-17-29(48-5)28(16-23(24)22-18-40-44(4)20-22)42-33-39-19-25(36)32(43-33)41-27-9-8-26-30(38-13-12-37-26)31(27)50(6,7)47/h8-9,12-13,16-21H,10-11,14-15H2,1-7H3,(H2,39,41,42,43). The number of methoxy groups -OCH3 is 1. The number of anilines is 4. The highest BCUT2D eigenvalue weighted by atomic mass is 79.9. The number of halogens is 1. The third-order valence-electron chi connectivity index (χ3n) is 8.37. The van der Waals surface area contributed by atoms with Crippen LogP contribution in [0.3, 0.4) is 0 Å². The van der Waals surface area contributed by atoms with Gasteiger partial charge in [0.15, 0.2) is 0 Å². The molecule has 262 valence electrons. The lowest BCUT2D eigenvalue weighted by Gasteiger charge is -2.34. The van der Waals surface area contributed by atoms with Gasteiger partial charge in [0.25, 0.3) is 0 Å². The van der Waals surface area contributed by atoms with Gasteiger partial charge in [0, 0.05) is 50.5 Å². The average molecular weight is 763 g/mol. The quantitative estimate of drug-likeness (QED) is 0.152. The number of fused-ring (bicyclic) bond motifs is 1. The zero-order valence-corrected chi connectivity index (χ0v) is 31.7. The fourth-order valence-corrected chi connectivity index (χ4v) is 7.82. The van der Waals surface area contributed by atoms with Crippen molar-refractivity contribution < 1.29 is 18.8 Å². The van der Waals surface area contributed by atoms with Gasteiger partial charge in [-0.05, 0) is 104 Å². The Balaban J connectivity index is 1.32. The topological polar surface area (TPSA) is 149 Å². The number of carbonyl (C=O) groups excluding carboxylic acids is 1. The van der Waals surface area contributed by atoms with E-state index in [1.165, 1.54) is 0 Å². The molecule has 4 heterocycles. The molecule has 1 saturated heterocycles. The molecule has 13 nitrogen and oxygen atoms in total. The number of carbonyl (C=O) groups is 1. The summed E-state index contributed by atoms with van der Waals surface area (Å²) in [6.07, 6.45) is 9.95. The number of hydrogen-bond acceptors (Lipinski definition) is 11. The maximum Gasteiger partial charge on any atom is 0.410 e. The molecular weight excluding hydrogens is 721 g/mol. The summed E-state index contributed by atoms with van der Waals surface area (Å²) in [5.74, 6) is 1.60. The number of nitrogens with zero attached hydrogens (tertiary/aromatic N) is 7. The Kier molecular flexibility index (Phi) is 9.87. The Morgan fingerprint density at radius 1 is 1.02 bits per heavy atom. The van der Waals surface area contributed by atoms with Crippen molar-refractivity contribution in [3.63, 3.8) is 0 Å². The maximum absolute atomic E-state index is 13.5. The Morgan fingerprint density at radius 3 is 2.42 bits per heavy atom. The minimum atomic E-state index is -2.79. The Hall–Kier alpha value is -4.55. The van der Waals surface area contributed by atoms with Crippen LogP contribution in [0, 0.1) is 0 Å². The minimum absolute atomic E-state index is 0.181. The van der Waals surface area contributed by atoms with Crippen molar-refractivity contribution in [2.24, 2.45) is 7.05 Å². The molecule has 2 N–H and O–H groups in total. The lowest BCUT2D eigenvalue weighted by atomic mass is 9.84. The number of aryl methyl sites for hydroxylation is 1. The largest absolute Gasteiger partial charge is 0.495 e. The highest BCUT2D eigenvalue weighted by Crippen LogP contribution is 2.43. The molecule has 0 saturated carbocycles. The van der Waals surface area contributed by atoms with E-state index in [0.29, 0.717) is 62.8 Å². The van der Waals surface area contributed by atoms with Crippen molar-refractivity contribution in [2.45, 2.75) is 45.1 Å². The van der Waals surface area contributed by atoms with E-state index in [0.717, 1.165) is 29.5 Å². The number of piperidine rings is 1. The van der Waals surface area contributed by atoms with E-state index >= 15 is 0 Å². The molecule has 0 spiro atoms. The number of nitrogens with one attached hydrogen (secondary N) is 2. The SMILES string of the molecule is COc1cc(C2CCN(C(=O)OC(C)(C)C)CC2)c(-c2cnn(C)c2)cc1Nc1ncc(Br)c(Nc2ccc3nccnc3c2P(C)(C)=O)n1. The van der Waals surface area contributed by atoms with Crippen LogP contribution in [0.25, 0.3) is 22.2 Å². The molecule has 2 aromatic carbocycles. The molecule has 0 unspecified atom stereocenters. The summed E-state index contributed by atoms with van der Waals surface area (Å²) in [6, 6.07) is 7.77. The first-order valence-corrected chi connectivity index (χ1v) is 19.6. The van der Waals surface area contributed by atoms with E-state index in [9.17, 15) is 9.36 Å². The summed E-state index contributed by atoms with van der Waals surface area (Å²) in [5, 5.41) is 11.7. The van der Waals surface area contributed by atoms with Crippen molar-refractivity contribution in [1.29, 1.82) is 0 Å². The second-order valence-corrected chi connectivity index (χ2v) is 17.7. The van der Waals surface area contributed by atoms with Crippen LogP contribution in [0.1, 0.15) is 45.1 Å². The van der Waals surface area contributed by atoms with Gasteiger partial charge >= 0.3 is 6.09 Å². The molecule has 0 aliphatic carbocycles. The first kappa shape index (κ1) is 35.3. The van der Waals surface area contributed by atoms with E-state index in [4.69, 9.17) is 14.5 Å². The van der Waals surface area contributed by atoms with E-state index in [-0.39, 0.29) is 12.0 Å². The molecule has 3 aromatic heterocycles. The van der Waals surface area contributed by atoms with E-state index in [2.05, 4.69) is 52.7 Å². The lowest BCUT2D eigenvalue weighted by molar-refractivity contribution is 0.0205. The minimum Gasteiger partial charge on any atom is -0.495 e. The number of hydrogen-bond donors (Lipinski definition) is 2. The molecule has 5 aromatic rings. The summed E-state index contributed by atoms with van der Waals surface area (Å²) >= 11 is 3.57. The van der Waals surface area contributed by atoms with Crippen LogP contribution in [0.2, 0.25) is 0 Å². The van der Waals surface area contributed by atoms with Gasteiger partial charge in [0.1, 0.15) is 29.8 Å². The van der Waals surface area contributed by atoms with E-state index in [1.807, 2.05) is 58.4 Å². The van der Waals surface area contributed by atoms with Gasteiger partial charge in [0.05, 0.1) is 40.0 Å². The van der Waals surface area contributed by atoms with Crippen LogP contribution in [0.4, 0.5) is 27.9 Å². The Labute approximate surface area is 299 Å². The number of ether oxygens (including phenoxy) is 2. The summed E-state index contributed by atoms with van der Waals surface area (Å²) in [5.41, 5.74) is 5.05. The van der Waals surface area contributed by atoms with Gasteiger partial charge in [-0.2, -0.15) is 10.1 Å². The lowest BCUT2D eigenvalue weighted by Crippen LogP contribution is -2.41. The van der Waals surface area contributed by atoms with Crippen molar-refractivity contribution in [2.75, 3.05) is 44.2 Å². The third-order valence-corrected chi connectivity index (χ3v) is 10.5. The predicted octanol–water partition coefficient (Wildman–Crippen LogP) is 7.44. The molecule has 1 aliphatic rings. The molecule has 0 radical (unpaired) electrons. The average Bonchev–Trinajstić information content (AvgIpc) is 3.50. The number of rotatable bonds is 8. The normalized spacial score (nSPS) is 14.1. The number of likely N-dealkylation sites (tertiary alicyclic amines) is 1. The molecule has 1 fully saturated rings. The van der Waals surface area contributed by atoms with Crippen molar-refractivity contribution in [3.05, 3.63) is 65.3 Å². The molecule has 0 bridgehead atoms. The van der Waals surface area contributed by atoms with Crippen LogP contribution in [0.5, 0.6) is 5.75 Å². The van der Waals surface area contributed by atoms with Crippen LogP contribution in [-0.2, 0) is 16.3 Å². The first-order valence-electron chi connectivity index (χ1n) is 16.2. The van der Waals surface area contributed by atoms with E-state index in [1.54, 1.807) is 48.6 Å². The molecule has 1 aliphatic heterocycles. The van der Waals surface area contributed by atoms with Gasteiger partial charge in [0.2, 0.25) is 5.95 Å². The van der Waals surface area contributed by atoms with Crippen molar-refractivity contribution in [3.8, 4) is 16.9 Å². The molecule has 0 atom stereocenters. The Bertz CT molecular complexity index is 2100.